The first-order valence-electron chi connectivity index (χ1n) is 6.63. The van der Waals surface area contributed by atoms with E-state index in [1.165, 1.54) is 6.21 Å². The van der Waals surface area contributed by atoms with Crippen molar-refractivity contribution in [2.24, 2.45) is 11.5 Å². The molecule has 2 aromatic carbocycles. The Balaban J connectivity index is 2.49. The molecule has 4 heteroatoms. The molecule has 0 aliphatic heterocycles. The van der Waals surface area contributed by atoms with Crippen molar-refractivity contribution in [1.29, 1.82) is 5.41 Å². The molecule has 0 atom stereocenters. The number of nitrogens with two attached hydrogens (primary N) is 2. The molecule has 0 amide bonds. The highest BCUT2D eigenvalue weighted by Crippen LogP contribution is 2.25. The Labute approximate surface area is 129 Å². The van der Waals surface area contributed by atoms with Gasteiger partial charge in [0, 0.05) is 29.1 Å². The van der Waals surface area contributed by atoms with Crippen molar-refractivity contribution in [1.82, 2.24) is 0 Å². The molecule has 0 heterocycles. The average Bonchev–Trinajstić information content (AvgIpc) is 2.51. The molecule has 2 aromatic rings. The predicted molar refractivity (Wildman–Crippen MR) is 90.3 cm³/mol. The Hall–Kier alpha value is -2.10. The van der Waals surface area contributed by atoms with Crippen molar-refractivity contribution in [3.05, 3.63) is 69.7 Å². The van der Waals surface area contributed by atoms with Gasteiger partial charge in [-0.15, -0.1) is 0 Å². The highest BCUT2D eigenvalue weighted by Gasteiger charge is 2.08. The van der Waals surface area contributed by atoms with Crippen molar-refractivity contribution in [2.45, 2.75) is 13.5 Å². The molecule has 5 N–H and O–H groups in total. The first kappa shape index (κ1) is 15.3. The molecule has 0 spiro atoms. The van der Waals surface area contributed by atoms with Crippen LogP contribution in [0.3, 0.4) is 0 Å². The summed E-state index contributed by atoms with van der Waals surface area (Å²) in [4.78, 5) is 0. The van der Waals surface area contributed by atoms with Crippen LogP contribution in [0.2, 0.25) is 5.02 Å². The van der Waals surface area contributed by atoms with Gasteiger partial charge in [0.25, 0.3) is 0 Å². The Bertz CT molecular complexity index is 688. The summed E-state index contributed by atoms with van der Waals surface area (Å²) in [5.74, 6) is 0. The summed E-state index contributed by atoms with van der Waals surface area (Å²) < 4.78 is 0. The lowest BCUT2D eigenvalue weighted by Gasteiger charge is -2.10. The average molecular weight is 300 g/mol. The maximum atomic E-state index is 7.65. The highest BCUT2D eigenvalue weighted by molar-refractivity contribution is 6.31. The molecule has 0 saturated heterocycles. The van der Waals surface area contributed by atoms with E-state index in [2.05, 4.69) is 0 Å². The van der Waals surface area contributed by atoms with Crippen LogP contribution < -0.4 is 11.5 Å². The third-order valence-corrected chi connectivity index (χ3v) is 3.83. The van der Waals surface area contributed by atoms with Gasteiger partial charge in [0.15, 0.2) is 0 Å². The van der Waals surface area contributed by atoms with Crippen LogP contribution in [0.5, 0.6) is 0 Å². The van der Waals surface area contributed by atoms with Crippen LogP contribution in [0, 0.1) is 12.3 Å². The van der Waals surface area contributed by atoms with Gasteiger partial charge in [0.1, 0.15) is 0 Å². The summed E-state index contributed by atoms with van der Waals surface area (Å²) in [5.41, 5.74) is 16.7. The molecule has 21 heavy (non-hydrogen) atoms. The summed E-state index contributed by atoms with van der Waals surface area (Å²) in [6, 6.07) is 13.4. The first-order valence-corrected chi connectivity index (χ1v) is 7.00. The van der Waals surface area contributed by atoms with Gasteiger partial charge in [0.05, 0.1) is 0 Å². The molecule has 3 nitrogen and oxygen atoms in total. The molecule has 108 valence electrons. The van der Waals surface area contributed by atoms with Crippen LogP contribution in [0.25, 0.3) is 11.3 Å². The molecule has 0 aliphatic rings. The fraction of sp³-hybridized carbons (Fsp3) is 0.118. The molecule has 2 rings (SSSR count). The summed E-state index contributed by atoms with van der Waals surface area (Å²) in [7, 11) is 0. The lowest BCUT2D eigenvalue weighted by atomic mass is 9.99. The van der Waals surface area contributed by atoms with Crippen LogP contribution in [-0.4, -0.2) is 6.21 Å². The van der Waals surface area contributed by atoms with Crippen LogP contribution >= 0.6 is 11.6 Å². The molecular weight excluding hydrogens is 282 g/mol. The van der Waals surface area contributed by atoms with Crippen molar-refractivity contribution < 1.29 is 0 Å². The van der Waals surface area contributed by atoms with Crippen LogP contribution in [0.4, 0.5) is 0 Å². The van der Waals surface area contributed by atoms with E-state index in [-0.39, 0.29) is 0 Å². The standard InChI is InChI=1S/C17H18ClN3/c1-11-2-5-14(8-16(11)18)17(21)15(10-20)13-6-3-12(9-19)4-7-13/h2-8,10,20H,9,19,21H2,1H3/b17-15+,20-10?. The molecular formula is C17H18ClN3. The summed E-state index contributed by atoms with van der Waals surface area (Å²) >= 11 is 6.14. The number of aryl methyl sites for hydroxylation is 1. The fourth-order valence-corrected chi connectivity index (χ4v) is 2.23. The predicted octanol–water partition coefficient (Wildman–Crippen LogP) is 3.58. The Morgan fingerprint density at radius 3 is 2.29 bits per heavy atom. The Kier molecular flexibility index (Phi) is 4.78. The maximum Gasteiger partial charge on any atom is 0.0483 e. The number of halogens is 1. The van der Waals surface area contributed by atoms with Gasteiger partial charge >= 0.3 is 0 Å². The zero-order valence-electron chi connectivity index (χ0n) is 11.9. The van der Waals surface area contributed by atoms with Crippen molar-refractivity contribution in [3.63, 3.8) is 0 Å². The Morgan fingerprint density at radius 2 is 1.76 bits per heavy atom. The van der Waals surface area contributed by atoms with E-state index in [0.29, 0.717) is 22.8 Å². The fourth-order valence-electron chi connectivity index (χ4n) is 2.05. The van der Waals surface area contributed by atoms with Crippen molar-refractivity contribution in [3.8, 4) is 0 Å². The first-order chi connectivity index (χ1) is 10.1. The number of rotatable bonds is 4. The minimum atomic E-state index is 0.493. The van der Waals surface area contributed by atoms with Gasteiger partial charge in [0.2, 0.25) is 0 Å². The number of hydrogen-bond acceptors (Lipinski definition) is 3. The van der Waals surface area contributed by atoms with E-state index in [4.69, 9.17) is 28.5 Å². The van der Waals surface area contributed by atoms with Crippen LogP contribution in [-0.2, 0) is 6.54 Å². The van der Waals surface area contributed by atoms with Gasteiger partial charge in [-0.25, -0.2) is 0 Å². The zero-order chi connectivity index (χ0) is 15.4. The highest BCUT2D eigenvalue weighted by atomic mass is 35.5. The van der Waals surface area contributed by atoms with E-state index in [1.807, 2.05) is 49.4 Å². The lowest BCUT2D eigenvalue weighted by Crippen LogP contribution is -2.03. The van der Waals surface area contributed by atoms with E-state index in [1.54, 1.807) is 0 Å². The minimum absolute atomic E-state index is 0.493. The molecule has 0 aliphatic carbocycles. The Morgan fingerprint density at radius 1 is 1.14 bits per heavy atom. The molecule has 0 bridgehead atoms. The number of nitrogens with one attached hydrogen (secondary N) is 1. The van der Waals surface area contributed by atoms with Gasteiger partial charge < -0.3 is 16.9 Å². The quantitative estimate of drug-likeness (QED) is 0.596. The lowest BCUT2D eigenvalue weighted by molar-refractivity contribution is 1.07. The second kappa shape index (κ2) is 6.57. The third-order valence-electron chi connectivity index (χ3n) is 3.42. The van der Waals surface area contributed by atoms with Crippen LogP contribution in [0.15, 0.2) is 42.5 Å². The minimum Gasteiger partial charge on any atom is -0.398 e. The van der Waals surface area contributed by atoms with E-state index < -0.39 is 0 Å². The van der Waals surface area contributed by atoms with E-state index in [0.717, 1.165) is 22.3 Å². The van der Waals surface area contributed by atoms with Crippen molar-refractivity contribution >= 4 is 29.1 Å². The van der Waals surface area contributed by atoms with Crippen molar-refractivity contribution in [2.75, 3.05) is 0 Å². The second-order valence-corrected chi connectivity index (χ2v) is 5.24. The summed E-state index contributed by atoms with van der Waals surface area (Å²) in [5, 5.41) is 8.32. The number of allylic oxidation sites excluding steroid dienone is 1. The van der Waals surface area contributed by atoms with Gasteiger partial charge in [-0.2, -0.15) is 0 Å². The summed E-state index contributed by atoms with van der Waals surface area (Å²) in [6.07, 6.45) is 1.26. The third kappa shape index (κ3) is 3.32. The van der Waals surface area contributed by atoms with Gasteiger partial charge in [-0.3, -0.25) is 0 Å². The molecule has 0 saturated carbocycles. The maximum absolute atomic E-state index is 7.65. The largest absolute Gasteiger partial charge is 0.398 e. The second-order valence-electron chi connectivity index (χ2n) is 4.84. The SMILES string of the molecule is Cc1ccc(/C(N)=C(/C=N)c2ccc(CN)cc2)cc1Cl. The van der Waals surface area contributed by atoms with E-state index >= 15 is 0 Å². The van der Waals surface area contributed by atoms with Gasteiger partial charge in [-0.1, -0.05) is 48.0 Å². The molecule has 0 radical (unpaired) electrons. The van der Waals surface area contributed by atoms with E-state index in [9.17, 15) is 0 Å². The summed E-state index contributed by atoms with van der Waals surface area (Å²) in [6.45, 7) is 2.43. The van der Waals surface area contributed by atoms with Gasteiger partial charge in [-0.05, 0) is 35.2 Å². The smallest absolute Gasteiger partial charge is 0.0483 e. The van der Waals surface area contributed by atoms with Crippen LogP contribution in [0.1, 0.15) is 22.3 Å². The normalized spacial score (nSPS) is 12.0. The monoisotopic (exact) mass is 299 g/mol. The molecule has 0 unspecified atom stereocenters. The molecule has 0 fully saturated rings. The number of hydrogen-bond donors (Lipinski definition) is 3. The topological polar surface area (TPSA) is 75.9 Å². The molecule has 0 aromatic heterocycles. The zero-order valence-corrected chi connectivity index (χ0v) is 12.6. The number of benzene rings is 2.